The molecule has 3 nitrogen and oxygen atoms in total. The zero-order valence-corrected chi connectivity index (χ0v) is 11.0. The van der Waals surface area contributed by atoms with Crippen LogP contribution in [-0.4, -0.2) is 50.3 Å². The maximum atomic E-state index is 5.26. The maximum Gasteiger partial charge on any atom is 0.0693 e. The fourth-order valence-corrected chi connectivity index (χ4v) is 1.54. The van der Waals surface area contributed by atoms with Crippen molar-refractivity contribution in [3.05, 3.63) is 0 Å². The summed E-state index contributed by atoms with van der Waals surface area (Å²) in [5.74, 6) is 0. The van der Waals surface area contributed by atoms with E-state index in [9.17, 15) is 0 Å². The Kier molecular flexibility index (Phi) is 9.06. The summed E-state index contributed by atoms with van der Waals surface area (Å²) >= 11 is 0. The third-order valence-corrected chi connectivity index (χ3v) is 3.09. The van der Waals surface area contributed by atoms with Gasteiger partial charge in [0.2, 0.25) is 0 Å². The van der Waals surface area contributed by atoms with Crippen LogP contribution in [0.5, 0.6) is 0 Å². The van der Waals surface area contributed by atoms with Crippen molar-refractivity contribution >= 4 is 0 Å². The molecule has 0 aliphatic heterocycles. The van der Waals surface area contributed by atoms with Gasteiger partial charge in [-0.25, -0.2) is 0 Å². The molecule has 2 atom stereocenters. The lowest BCUT2D eigenvalue weighted by molar-refractivity contribution is 0.0884. The first-order valence-electron chi connectivity index (χ1n) is 6.14. The van der Waals surface area contributed by atoms with Crippen molar-refractivity contribution in [3.63, 3.8) is 0 Å². The maximum absolute atomic E-state index is 5.26. The number of methoxy groups -OCH3 is 1. The second-order valence-corrected chi connectivity index (χ2v) is 4.06. The van der Waals surface area contributed by atoms with E-state index in [2.05, 4.69) is 37.9 Å². The standard InChI is InChI=1S/C12H28N2O/c1-6-14(7-2)10-8-9-13-11(3)12(4)15-5/h11-13H,6-10H2,1-5H3. The first-order valence-corrected chi connectivity index (χ1v) is 6.14. The monoisotopic (exact) mass is 216 g/mol. The fraction of sp³-hybridized carbons (Fsp3) is 1.00. The average Bonchev–Trinajstić information content (AvgIpc) is 2.27. The van der Waals surface area contributed by atoms with E-state index in [4.69, 9.17) is 4.74 Å². The van der Waals surface area contributed by atoms with E-state index in [0.29, 0.717) is 12.1 Å². The molecule has 0 radical (unpaired) electrons. The molecule has 0 saturated carbocycles. The number of hydrogen-bond donors (Lipinski definition) is 1. The Morgan fingerprint density at radius 3 is 2.27 bits per heavy atom. The lowest BCUT2D eigenvalue weighted by Gasteiger charge is -2.21. The second-order valence-electron chi connectivity index (χ2n) is 4.06. The minimum absolute atomic E-state index is 0.290. The molecule has 0 aliphatic carbocycles. The molecule has 0 aliphatic rings. The molecule has 0 fully saturated rings. The van der Waals surface area contributed by atoms with Crippen LogP contribution in [0.15, 0.2) is 0 Å². The summed E-state index contributed by atoms with van der Waals surface area (Å²) in [6, 6.07) is 0.437. The molecule has 15 heavy (non-hydrogen) atoms. The number of hydrogen-bond acceptors (Lipinski definition) is 3. The van der Waals surface area contributed by atoms with Crippen LogP contribution in [0.25, 0.3) is 0 Å². The predicted octanol–water partition coefficient (Wildman–Crippen LogP) is 1.73. The molecule has 0 bridgehead atoms. The Labute approximate surface area is 95.2 Å². The van der Waals surface area contributed by atoms with Gasteiger partial charge in [0.05, 0.1) is 6.10 Å². The van der Waals surface area contributed by atoms with Crippen molar-refractivity contribution in [1.82, 2.24) is 10.2 Å². The molecular weight excluding hydrogens is 188 g/mol. The zero-order chi connectivity index (χ0) is 11.7. The number of ether oxygens (including phenoxy) is 1. The van der Waals surface area contributed by atoms with Gasteiger partial charge in [0.25, 0.3) is 0 Å². The molecule has 0 aromatic heterocycles. The highest BCUT2D eigenvalue weighted by atomic mass is 16.5. The molecule has 0 heterocycles. The molecule has 3 heteroatoms. The van der Waals surface area contributed by atoms with Crippen LogP contribution in [-0.2, 0) is 4.74 Å². The Hall–Kier alpha value is -0.120. The van der Waals surface area contributed by atoms with Crippen LogP contribution in [0.3, 0.4) is 0 Å². The summed E-state index contributed by atoms with van der Waals surface area (Å²) in [6.45, 7) is 13.3. The Morgan fingerprint density at radius 2 is 1.80 bits per heavy atom. The first-order chi connectivity index (χ1) is 7.15. The quantitative estimate of drug-likeness (QED) is 0.594. The largest absolute Gasteiger partial charge is 0.380 e. The van der Waals surface area contributed by atoms with Crippen LogP contribution in [0.2, 0.25) is 0 Å². The van der Waals surface area contributed by atoms with Crippen molar-refractivity contribution in [2.45, 2.75) is 46.3 Å². The predicted molar refractivity (Wildman–Crippen MR) is 66.3 cm³/mol. The van der Waals surface area contributed by atoms with Crippen LogP contribution in [0, 0.1) is 0 Å². The third-order valence-electron chi connectivity index (χ3n) is 3.09. The molecule has 0 saturated heterocycles. The van der Waals surface area contributed by atoms with E-state index < -0.39 is 0 Å². The van der Waals surface area contributed by atoms with Gasteiger partial charge >= 0.3 is 0 Å². The van der Waals surface area contributed by atoms with Gasteiger partial charge in [0.15, 0.2) is 0 Å². The van der Waals surface area contributed by atoms with Gasteiger partial charge in [-0.1, -0.05) is 13.8 Å². The van der Waals surface area contributed by atoms with Crippen LogP contribution < -0.4 is 5.32 Å². The van der Waals surface area contributed by atoms with Crippen LogP contribution in [0.4, 0.5) is 0 Å². The Balaban J connectivity index is 3.45. The van der Waals surface area contributed by atoms with E-state index in [-0.39, 0.29) is 0 Å². The minimum atomic E-state index is 0.290. The minimum Gasteiger partial charge on any atom is -0.380 e. The van der Waals surface area contributed by atoms with Gasteiger partial charge in [0, 0.05) is 13.2 Å². The Morgan fingerprint density at radius 1 is 1.20 bits per heavy atom. The lowest BCUT2D eigenvalue weighted by Crippen LogP contribution is -2.38. The van der Waals surface area contributed by atoms with Gasteiger partial charge in [-0.2, -0.15) is 0 Å². The highest BCUT2D eigenvalue weighted by molar-refractivity contribution is 4.68. The smallest absolute Gasteiger partial charge is 0.0693 e. The van der Waals surface area contributed by atoms with Crippen molar-refractivity contribution in [3.8, 4) is 0 Å². The van der Waals surface area contributed by atoms with Gasteiger partial charge in [-0.05, 0) is 46.4 Å². The van der Waals surface area contributed by atoms with E-state index in [1.54, 1.807) is 7.11 Å². The number of rotatable bonds is 9. The highest BCUT2D eigenvalue weighted by Crippen LogP contribution is 1.96. The van der Waals surface area contributed by atoms with Gasteiger partial charge in [0.1, 0.15) is 0 Å². The normalized spacial score (nSPS) is 15.6. The number of nitrogens with zero attached hydrogens (tertiary/aromatic N) is 1. The molecule has 0 spiro atoms. The molecule has 0 amide bonds. The van der Waals surface area contributed by atoms with E-state index in [1.165, 1.54) is 13.0 Å². The van der Waals surface area contributed by atoms with Crippen LogP contribution >= 0.6 is 0 Å². The lowest BCUT2D eigenvalue weighted by atomic mass is 10.2. The van der Waals surface area contributed by atoms with Crippen molar-refractivity contribution in [2.75, 3.05) is 33.3 Å². The zero-order valence-electron chi connectivity index (χ0n) is 11.0. The summed E-state index contributed by atoms with van der Waals surface area (Å²) < 4.78 is 5.26. The van der Waals surface area contributed by atoms with E-state index in [0.717, 1.165) is 19.6 Å². The molecule has 92 valence electrons. The summed E-state index contributed by atoms with van der Waals surface area (Å²) in [7, 11) is 1.76. The summed E-state index contributed by atoms with van der Waals surface area (Å²) in [6.07, 6.45) is 1.50. The van der Waals surface area contributed by atoms with Gasteiger partial charge in [-0.3, -0.25) is 0 Å². The molecule has 2 unspecified atom stereocenters. The summed E-state index contributed by atoms with van der Waals surface area (Å²) in [4.78, 5) is 2.45. The molecule has 0 aromatic carbocycles. The fourth-order valence-electron chi connectivity index (χ4n) is 1.54. The molecular formula is C12H28N2O. The highest BCUT2D eigenvalue weighted by Gasteiger charge is 2.09. The topological polar surface area (TPSA) is 24.5 Å². The second kappa shape index (κ2) is 9.13. The van der Waals surface area contributed by atoms with Crippen molar-refractivity contribution in [1.29, 1.82) is 0 Å². The van der Waals surface area contributed by atoms with Gasteiger partial charge < -0.3 is 15.0 Å². The van der Waals surface area contributed by atoms with Gasteiger partial charge in [-0.15, -0.1) is 0 Å². The van der Waals surface area contributed by atoms with Crippen LogP contribution in [0.1, 0.15) is 34.1 Å². The third kappa shape index (κ3) is 6.88. The summed E-state index contributed by atoms with van der Waals surface area (Å²) in [5, 5.41) is 3.49. The average molecular weight is 216 g/mol. The van der Waals surface area contributed by atoms with E-state index >= 15 is 0 Å². The molecule has 1 N–H and O–H groups in total. The van der Waals surface area contributed by atoms with Crippen molar-refractivity contribution < 1.29 is 4.74 Å². The molecule has 0 aromatic rings. The van der Waals surface area contributed by atoms with Crippen molar-refractivity contribution in [2.24, 2.45) is 0 Å². The first kappa shape index (κ1) is 14.9. The number of nitrogens with one attached hydrogen (secondary N) is 1. The Bertz CT molecular complexity index is 138. The molecule has 0 rings (SSSR count). The SMILES string of the molecule is CCN(CC)CCCNC(C)C(C)OC. The van der Waals surface area contributed by atoms with E-state index in [1.807, 2.05) is 0 Å². The summed E-state index contributed by atoms with van der Waals surface area (Å²) in [5.41, 5.74) is 0.